The van der Waals surface area contributed by atoms with Crippen LogP contribution in [0.3, 0.4) is 0 Å². The Labute approximate surface area is 145 Å². The molecule has 0 spiro atoms. The van der Waals surface area contributed by atoms with Gasteiger partial charge in [0, 0.05) is 16.8 Å². The first-order valence-electron chi connectivity index (χ1n) is 8.11. The number of aromatic nitrogens is 2. The van der Waals surface area contributed by atoms with E-state index in [0.717, 1.165) is 22.1 Å². The van der Waals surface area contributed by atoms with Crippen molar-refractivity contribution < 1.29 is 4.74 Å². The smallest absolute Gasteiger partial charge is 0.255 e. The van der Waals surface area contributed by atoms with Gasteiger partial charge in [-0.1, -0.05) is 30.3 Å². The minimum Gasteiger partial charge on any atom is -0.493 e. The van der Waals surface area contributed by atoms with Gasteiger partial charge in [-0.15, -0.1) is 0 Å². The molecule has 2 aromatic carbocycles. The van der Waals surface area contributed by atoms with Crippen LogP contribution in [-0.4, -0.2) is 22.8 Å². The topological polar surface area (TPSA) is 79.4 Å². The lowest BCUT2D eigenvalue weighted by Gasteiger charge is -2.10. The Morgan fingerprint density at radius 3 is 2.80 bits per heavy atom. The Hall–Kier alpha value is -3.15. The Bertz CT molecular complexity index is 992. The number of nitrogens with zero attached hydrogens (tertiary/aromatic N) is 2. The Balaban J connectivity index is 1.95. The molecule has 2 N–H and O–H groups in total. The minimum absolute atomic E-state index is 0.176. The van der Waals surface area contributed by atoms with Crippen LogP contribution < -0.4 is 15.7 Å². The zero-order valence-electron chi connectivity index (χ0n) is 14.5. The SMILES string of the molecule is CCOc1ccc2ccccc2c1/C=N\Nc1nc(C)c(C)c(=O)[nH]1. The number of fused-ring (bicyclic) bond motifs is 1. The van der Waals surface area contributed by atoms with E-state index in [1.165, 1.54) is 0 Å². The maximum absolute atomic E-state index is 11.8. The van der Waals surface area contributed by atoms with Gasteiger partial charge < -0.3 is 4.74 Å². The fraction of sp³-hybridized carbons (Fsp3) is 0.211. The quantitative estimate of drug-likeness (QED) is 0.553. The Morgan fingerprint density at radius 1 is 1.24 bits per heavy atom. The van der Waals surface area contributed by atoms with Crippen molar-refractivity contribution in [2.45, 2.75) is 20.8 Å². The molecule has 25 heavy (non-hydrogen) atoms. The van der Waals surface area contributed by atoms with Crippen molar-refractivity contribution in [2.24, 2.45) is 5.10 Å². The summed E-state index contributed by atoms with van der Waals surface area (Å²) < 4.78 is 5.71. The average molecular weight is 336 g/mol. The van der Waals surface area contributed by atoms with Crippen molar-refractivity contribution in [3.63, 3.8) is 0 Å². The lowest BCUT2D eigenvalue weighted by molar-refractivity contribution is 0.340. The number of hydrogen-bond donors (Lipinski definition) is 2. The number of aryl methyl sites for hydroxylation is 1. The maximum atomic E-state index is 11.8. The van der Waals surface area contributed by atoms with Gasteiger partial charge in [-0.3, -0.25) is 9.78 Å². The molecule has 6 heteroatoms. The van der Waals surface area contributed by atoms with Crippen LogP contribution in [-0.2, 0) is 0 Å². The van der Waals surface area contributed by atoms with Crippen LogP contribution in [0.2, 0.25) is 0 Å². The molecular formula is C19H20N4O2. The molecule has 0 fully saturated rings. The number of anilines is 1. The number of aromatic amines is 1. The zero-order chi connectivity index (χ0) is 17.8. The van der Waals surface area contributed by atoms with Crippen molar-refractivity contribution in [1.82, 2.24) is 9.97 Å². The van der Waals surface area contributed by atoms with Crippen molar-refractivity contribution in [3.8, 4) is 5.75 Å². The largest absolute Gasteiger partial charge is 0.493 e. The molecule has 0 aliphatic carbocycles. The molecule has 1 aromatic heterocycles. The number of H-pyrrole nitrogens is 1. The second kappa shape index (κ2) is 7.17. The first-order valence-corrected chi connectivity index (χ1v) is 8.11. The summed E-state index contributed by atoms with van der Waals surface area (Å²) in [6.45, 7) is 6.03. The van der Waals surface area contributed by atoms with E-state index in [4.69, 9.17) is 4.74 Å². The van der Waals surface area contributed by atoms with Crippen molar-refractivity contribution in [2.75, 3.05) is 12.0 Å². The molecule has 1 heterocycles. The molecule has 0 unspecified atom stereocenters. The van der Waals surface area contributed by atoms with E-state index >= 15 is 0 Å². The molecule has 3 aromatic rings. The number of hydrogen-bond acceptors (Lipinski definition) is 5. The molecule has 3 rings (SSSR count). The second-order valence-electron chi connectivity index (χ2n) is 5.63. The van der Waals surface area contributed by atoms with Gasteiger partial charge >= 0.3 is 0 Å². The van der Waals surface area contributed by atoms with Gasteiger partial charge in [0.1, 0.15) is 5.75 Å². The molecule has 128 valence electrons. The normalized spacial score (nSPS) is 11.2. The van der Waals surface area contributed by atoms with Crippen LogP contribution in [0.4, 0.5) is 5.95 Å². The summed E-state index contributed by atoms with van der Waals surface area (Å²) in [5.41, 5.74) is 4.75. The Kier molecular flexibility index (Phi) is 4.79. The van der Waals surface area contributed by atoms with Crippen LogP contribution >= 0.6 is 0 Å². The summed E-state index contributed by atoms with van der Waals surface area (Å²) in [5, 5.41) is 6.37. The van der Waals surface area contributed by atoms with Crippen LogP contribution in [0.1, 0.15) is 23.7 Å². The van der Waals surface area contributed by atoms with Crippen molar-refractivity contribution in [3.05, 3.63) is 63.6 Å². The highest BCUT2D eigenvalue weighted by molar-refractivity contribution is 6.02. The number of benzene rings is 2. The minimum atomic E-state index is -0.176. The molecule has 0 radical (unpaired) electrons. The number of ether oxygens (including phenoxy) is 1. The van der Waals surface area contributed by atoms with Crippen LogP contribution in [0.5, 0.6) is 5.75 Å². The molecular weight excluding hydrogens is 316 g/mol. The average Bonchev–Trinajstić information content (AvgIpc) is 2.61. The van der Waals surface area contributed by atoms with Gasteiger partial charge in [-0.05, 0) is 37.6 Å². The molecule has 0 bridgehead atoms. The van der Waals surface area contributed by atoms with E-state index in [-0.39, 0.29) is 5.56 Å². The number of nitrogens with one attached hydrogen (secondary N) is 2. The van der Waals surface area contributed by atoms with Gasteiger partial charge in [0.05, 0.1) is 12.8 Å². The summed E-state index contributed by atoms with van der Waals surface area (Å²) in [6, 6.07) is 12.0. The van der Waals surface area contributed by atoms with Crippen LogP contribution in [0.25, 0.3) is 10.8 Å². The fourth-order valence-electron chi connectivity index (χ4n) is 2.55. The first-order chi connectivity index (χ1) is 12.1. The lowest BCUT2D eigenvalue weighted by Crippen LogP contribution is -2.15. The monoisotopic (exact) mass is 336 g/mol. The molecule has 0 aliphatic heterocycles. The summed E-state index contributed by atoms with van der Waals surface area (Å²) in [7, 11) is 0. The number of rotatable bonds is 5. The highest BCUT2D eigenvalue weighted by Gasteiger charge is 2.07. The highest BCUT2D eigenvalue weighted by atomic mass is 16.5. The highest BCUT2D eigenvalue weighted by Crippen LogP contribution is 2.26. The second-order valence-corrected chi connectivity index (χ2v) is 5.63. The summed E-state index contributed by atoms with van der Waals surface area (Å²) in [5.74, 6) is 1.07. The molecule has 0 atom stereocenters. The van der Waals surface area contributed by atoms with Crippen molar-refractivity contribution >= 4 is 22.9 Å². The van der Waals surface area contributed by atoms with Gasteiger partial charge in [-0.2, -0.15) is 5.10 Å². The van der Waals surface area contributed by atoms with E-state index < -0.39 is 0 Å². The van der Waals surface area contributed by atoms with E-state index in [2.05, 4.69) is 20.5 Å². The zero-order valence-corrected chi connectivity index (χ0v) is 14.5. The van der Waals surface area contributed by atoms with Gasteiger partial charge in [0.15, 0.2) is 0 Å². The molecule has 6 nitrogen and oxygen atoms in total. The van der Waals surface area contributed by atoms with E-state index in [0.29, 0.717) is 23.8 Å². The van der Waals surface area contributed by atoms with Gasteiger partial charge in [0.2, 0.25) is 5.95 Å². The Morgan fingerprint density at radius 2 is 2.04 bits per heavy atom. The van der Waals surface area contributed by atoms with E-state index in [1.807, 2.05) is 43.3 Å². The molecule has 0 amide bonds. The summed E-state index contributed by atoms with van der Waals surface area (Å²) in [6.07, 6.45) is 1.68. The maximum Gasteiger partial charge on any atom is 0.255 e. The van der Waals surface area contributed by atoms with Crippen molar-refractivity contribution in [1.29, 1.82) is 0 Å². The van der Waals surface area contributed by atoms with Crippen LogP contribution in [0, 0.1) is 13.8 Å². The first kappa shape index (κ1) is 16.7. The van der Waals surface area contributed by atoms with E-state index in [9.17, 15) is 4.79 Å². The summed E-state index contributed by atoms with van der Waals surface area (Å²) in [4.78, 5) is 18.7. The van der Waals surface area contributed by atoms with Gasteiger partial charge in [-0.25, -0.2) is 10.4 Å². The third-order valence-electron chi connectivity index (χ3n) is 3.99. The third-order valence-corrected chi connectivity index (χ3v) is 3.99. The molecule has 0 saturated carbocycles. The predicted octanol–water partition coefficient (Wildman–Crippen LogP) is 3.38. The fourth-order valence-corrected chi connectivity index (χ4v) is 2.55. The standard InChI is InChI=1S/C19H20N4O2/c1-4-25-17-10-9-14-7-5-6-8-15(14)16(17)11-20-23-19-21-13(3)12(2)18(24)22-19/h5-11H,4H2,1-3H3,(H2,21,22,23,24)/b20-11-. The molecule has 0 aliphatic rings. The van der Waals surface area contributed by atoms with Gasteiger partial charge in [0.25, 0.3) is 5.56 Å². The lowest BCUT2D eigenvalue weighted by atomic mass is 10.0. The third kappa shape index (κ3) is 3.52. The van der Waals surface area contributed by atoms with E-state index in [1.54, 1.807) is 20.1 Å². The molecule has 0 saturated heterocycles. The van der Waals surface area contributed by atoms with Crippen LogP contribution in [0.15, 0.2) is 46.3 Å². The predicted molar refractivity (Wildman–Crippen MR) is 101 cm³/mol. The number of hydrazone groups is 1. The summed E-state index contributed by atoms with van der Waals surface area (Å²) >= 11 is 0.